The molecule has 2 aliphatic rings. The van der Waals surface area contributed by atoms with Gasteiger partial charge in [-0.1, -0.05) is 25.5 Å². The molecular weight excluding hydrogens is 236 g/mol. The van der Waals surface area contributed by atoms with Crippen molar-refractivity contribution in [1.29, 1.82) is 0 Å². The van der Waals surface area contributed by atoms with E-state index in [4.69, 9.17) is 0 Å². The fraction of sp³-hybridized carbons (Fsp3) is 0.312. The van der Waals surface area contributed by atoms with Crippen molar-refractivity contribution >= 4 is 5.91 Å². The molecule has 0 fully saturated rings. The van der Waals surface area contributed by atoms with E-state index in [2.05, 4.69) is 6.92 Å². The van der Waals surface area contributed by atoms with E-state index >= 15 is 0 Å². The Kier molecular flexibility index (Phi) is 4.39. The van der Waals surface area contributed by atoms with Gasteiger partial charge in [0.25, 0.3) is 0 Å². The number of nitrogens with zero attached hydrogens (tertiary/aromatic N) is 2. The summed E-state index contributed by atoms with van der Waals surface area (Å²) in [4.78, 5) is 16.0. The van der Waals surface area contributed by atoms with Crippen molar-refractivity contribution in [1.82, 2.24) is 9.80 Å². The van der Waals surface area contributed by atoms with E-state index in [1.807, 2.05) is 60.8 Å². The van der Waals surface area contributed by atoms with Gasteiger partial charge in [-0.15, -0.1) is 0 Å². The zero-order valence-electron chi connectivity index (χ0n) is 11.5. The van der Waals surface area contributed by atoms with Crippen LogP contribution in [-0.4, -0.2) is 22.8 Å². The minimum Gasteiger partial charge on any atom is -0.349 e. The number of hydrogen-bond acceptors (Lipinski definition) is 2. The van der Waals surface area contributed by atoms with E-state index in [1.165, 1.54) is 0 Å². The van der Waals surface area contributed by atoms with E-state index < -0.39 is 0 Å². The van der Waals surface area contributed by atoms with Crippen molar-refractivity contribution in [2.75, 3.05) is 7.05 Å². The lowest BCUT2D eigenvalue weighted by Crippen LogP contribution is -2.28. The number of carbonyl (C=O) groups is 1. The molecule has 0 aromatic carbocycles. The number of carbonyl (C=O) groups excluding carboxylic acids is 1. The van der Waals surface area contributed by atoms with Gasteiger partial charge in [0.15, 0.2) is 0 Å². The van der Waals surface area contributed by atoms with Gasteiger partial charge in [0.2, 0.25) is 5.91 Å². The van der Waals surface area contributed by atoms with Crippen molar-refractivity contribution < 1.29 is 4.79 Å². The molecule has 0 radical (unpaired) electrons. The minimum atomic E-state index is 0.154. The summed E-state index contributed by atoms with van der Waals surface area (Å²) >= 11 is 0. The molecule has 0 atom stereocenters. The first kappa shape index (κ1) is 13.4. The fourth-order valence-corrected chi connectivity index (χ4v) is 2.11. The molecule has 2 rings (SSSR count). The zero-order valence-corrected chi connectivity index (χ0v) is 11.5. The zero-order chi connectivity index (χ0) is 13.7. The van der Waals surface area contributed by atoms with Gasteiger partial charge < -0.3 is 4.90 Å². The quantitative estimate of drug-likeness (QED) is 0.773. The van der Waals surface area contributed by atoms with Gasteiger partial charge in [0.05, 0.1) is 11.4 Å². The average Bonchev–Trinajstić information content (AvgIpc) is 2.45. The third-order valence-electron chi connectivity index (χ3n) is 3.19. The molecule has 0 saturated heterocycles. The SMILES string of the molecule is CCCCC(=O)N1C=CC=CC1=C1C=CC=CN1C. The first-order chi connectivity index (χ1) is 9.24. The Morgan fingerprint density at radius 1 is 1.05 bits per heavy atom. The largest absolute Gasteiger partial charge is 0.349 e. The van der Waals surface area contributed by atoms with Crippen molar-refractivity contribution in [3.8, 4) is 0 Å². The normalized spacial score (nSPS) is 21.4. The first-order valence-electron chi connectivity index (χ1n) is 6.73. The summed E-state index contributed by atoms with van der Waals surface area (Å²) in [6, 6.07) is 0. The second kappa shape index (κ2) is 6.23. The smallest absolute Gasteiger partial charge is 0.231 e. The van der Waals surface area contributed by atoms with Gasteiger partial charge in [-0.25, -0.2) is 0 Å². The number of hydrogen-bond donors (Lipinski definition) is 0. The van der Waals surface area contributed by atoms with E-state index in [1.54, 1.807) is 4.90 Å². The van der Waals surface area contributed by atoms with Crippen LogP contribution in [0.5, 0.6) is 0 Å². The van der Waals surface area contributed by atoms with Crippen LogP contribution in [0.3, 0.4) is 0 Å². The first-order valence-corrected chi connectivity index (χ1v) is 6.73. The summed E-state index contributed by atoms with van der Waals surface area (Å²) in [6.07, 6.45) is 18.2. The van der Waals surface area contributed by atoms with E-state index in [0.717, 1.165) is 24.2 Å². The summed E-state index contributed by atoms with van der Waals surface area (Å²) in [5, 5.41) is 0. The molecule has 0 bridgehead atoms. The molecule has 0 aromatic heterocycles. The molecule has 19 heavy (non-hydrogen) atoms. The Hall–Kier alpha value is -2.03. The van der Waals surface area contributed by atoms with Crippen molar-refractivity contribution in [3.63, 3.8) is 0 Å². The maximum atomic E-state index is 12.3. The number of amides is 1. The van der Waals surface area contributed by atoms with Gasteiger partial charge in [0, 0.05) is 25.9 Å². The molecule has 100 valence electrons. The Morgan fingerprint density at radius 2 is 1.74 bits per heavy atom. The highest BCUT2D eigenvalue weighted by atomic mass is 16.2. The second-order valence-electron chi connectivity index (χ2n) is 4.65. The molecule has 3 heteroatoms. The third-order valence-corrected chi connectivity index (χ3v) is 3.19. The molecule has 2 aliphatic heterocycles. The number of likely N-dealkylation sites (N-methyl/N-ethyl adjacent to an activating group) is 1. The lowest BCUT2D eigenvalue weighted by Gasteiger charge is -2.28. The summed E-state index contributed by atoms with van der Waals surface area (Å²) in [5.41, 5.74) is 1.97. The molecular formula is C16H20N2O. The fourth-order valence-electron chi connectivity index (χ4n) is 2.11. The van der Waals surface area contributed by atoms with Crippen LogP contribution in [0.1, 0.15) is 26.2 Å². The summed E-state index contributed by atoms with van der Waals surface area (Å²) in [7, 11) is 1.99. The summed E-state index contributed by atoms with van der Waals surface area (Å²) < 4.78 is 0. The number of unbranched alkanes of at least 4 members (excludes halogenated alkanes) is 1. The van der Waals surface area contributed by atoms with Crippen LogP contribution in [0.15, 0.2) is 60.3 Å². The molecule has 0 unspecified atom stereocenters. The molecule has 1 amide bonds. The van der Waals surface area contributed by atoms with Crippen LogP contribution in [0.25, 0.3) is 0 Å². The van der Waals surface area contributed by atoms with Gasteiger partial charge in [0.1, 0.15) is 0 Å². The number of rotatable bonds is 3. The second-order valence-corrected chi connectivity index (χ2v) is 4.65. The molecule has 2 heterocycles. The Labute approximate surface area is 114 Å². The Bertz CT molecular complexity index is 495. The topological polar surface area (TPSA) is 23.6 Å². The van der Waals surface area contributed by atoms with Gasteiger partial charge in [-0.2, -0.15) is 0 Å². The minimum absolute atomic E-state index is 0.154. The summed E-state index contributed by atoms with van der Waals surface area (Å²) in [6.45, 7) is 2.10. The lowest BCUT2D eigenvalue weighted by molar-refractivity contribution is -0.127. The van der Waals surface area contributed by atoms with Crippen LogP contribution < -0.4 is 0 Å². The predicted molar refractivity (Wildman–Crippen MR) is 77.7 cm³/mol. The van der Waals surface area contributed by atoms with E-state index in [0.29, 0.717) is 6.42 Å². The monoisotopic (exact) mass is 256 g/mol. The van der Waals surface area contributed by atoms with Crippen LogP contribution >= 0.6 is 0 Å². The molecule has 0 spiro atoms. The molecule has 3 nitrogen and oxygen atoms in total. The lowest BCUT2D eigenvalue weighted by atomic mass is 10.1. The highest BCUT2D eigenvalue weighted by molar-refractivity contribution is 5.80. The highest BCUT2D eigenvalue weighted by Crippen LogP contribution is 2.23. The van der Waals surface area contributed by atoms with E-state index in [-0.39, 0.29) is 5.91 Å². The maximum absolute atomic E-state index is 12.3. The van der Waals surface area contributed by atoms with Crippen molar-refractivity contribution in [2.24, 2.45) is 0 Å². The van der Waals surface area contributed by atoms with Crippen molar-refractivity contribution in [2.45, 2.75) is 26.2 Å². The van der Waals surface area contributed by atoms with Crippen LogP contribution in [0.2, 0.25) is 0 Å². The molecule has 0 aliphatic carbocycles. The van der Waals surface area contributed by atoms with E-state index in [9.17, 15) is 4.79 Å². The molecule has 0 aromatic rings. The van der Waals surface area contributed by atoms with Crippen LogP contribution in [0.4, 0.5) is 0 Å². The Morgan fingerprint density at radius 3 is 2.42 bits per heavy atom. The predicted octanol–water partition coefficient (Wildman–Crippen LogP) is 3.32. The van der Waals surface area contributed by atoms with Gasteiger partial charge >= 0.3 is 0 Å². The Balaban J connectivity index is 2.27. The standard InChI is InChI=1S/C16H20N2O/c1-3-4-11-16(19)18-13-8-6-10-15(18)14-9-5-7-12-17(14)2/h5-10,12-13H,3-4,11H2,1-2H3. The van der Waals surface area contributed by atoms with Crippen LogP contribution in [-0.2, 0) is 4.79 Å². The average molecular weight is 256 g/mol. The van der Waals surface area contributed by atoms with Gasteiger partial charge in [-0.05, 0) is 30.7 Å². The summed E-state index contributed by atoms with van der Waals surface area (Å²) in [5.74, 6) is 0.154. The van der Waals surface area contributed by atoms with Crippen LogP contribution in [0, 0.1) is 0 Å². The maximum Gasteiger partial charge on any atom is 0.231 e. The highest BCUT2D eigenvalue weighted by Gasteiger charge is 2.19. The molecule has 0 N–H and O–H groups in total. The molecule has 0 saturated carbocycles. The third kappa shape index (κ3) is 3.05. The van der Waals surface area contributed by atoms with Gasteiger partial charge in [-0.3, -0.25) is 9.69 Å². The number of allylic oxidation sites excluding steroid dienone is 6. The van der Waals surface area contributed by atoms with Crippen molar-refractivity contribution in [3.05, 3.63) is 60.3 Å².